The fourth-order valence-electron chi connectivity index (χ4n) is 5.79. The number of halogens is 3. The molecule has 1 unspecified atom stereocenters. The zero-order valence-electron chi connectivity index (χ0n) is 21.1. The molecule has 2 heterocycles. The van der Waals surface area contributed by atoms with Crippen LogP contribution < -0.4 is 10.2 Å². The third-order valence-electron chi connectivity index (χ3n) is 8.39. The fourth-order valence-corrected chi connectivity index (χ4v) is 8.17. The summed E-state index contributed by atoms with van der Waals surface area (Å²) < 4.78 is 54.5. The number of likely N-dealkylation sites (tertiary alicyclic amines) is 1. The number of rotatable bonds is 7. The molecule has 1 aromatic carbocycles. The number of likely N-dealkylation sites (N-methyl/N-ethyl adjacent to an activating group) is 1. The van der Waals surface area contributed by atoms with Crippen LogP contribution in [0.1, 0.15) is 25.7 Å². The summed E-state index contributed by atoms with van der Waals surface area (Å²) in [5, 5.41) is 22.0. The van der Waals surface area contributed by atoms with E-state index in [1.54, 1.807) is 12.1 Å². The molecule has 4 aliphatic rings. The van der Waals surface area contributed by atoms with Gasteiger partial charge in [-0.25, -0.2) is 17.2 Å². The van der Waals surface area contributed by atoms with E-state index in [1.165, 1.54) is 6.07 Å². The predicted molar refractivity (Wildman–Crippen MR) is 137 cm³/mol. The molecule has 1 aromatic rings. The van der Waals surface area contributed by atoms with Crippen molar-refractivity contribution in [2.45, 2.75) is 53.5 Å². The van der Waals surface area contributed by atoms with Crippen LogP contribution >= 0.6 is 11.6 Å². The van der Waals surface area contributed by atoms with Crippen LogP contribution in [0.2, 0.25) is 5.02 Å². The molecular formula is C25H32ClF2N5O4S. The zero-order valence-corrected chi connectivity index (χ0v) is 22.7. The Labute approximate surface area is 226 Å². The zero-order chi connectivity index (χ0) is 27.5. The molecule has 2 aliphatic heterocycles. The molecule has 5 rings (SSSR count). The number of hydrogen-bond acceptors (Lipinski definition) is 8. The number of amides is 1. The van der Waals surface area contributed by atoms with Crippen molar-refractivity contribution in [3.8, 4) is 6.07 Å². The second-order valence-electron chi connectivity index (χ2n) is 11.2. The van der Waals surface area contributed by atoms with Gasteiger partial charge in [0.2, 0.25) is 5.91 Å². The van der Waals surface area contributed by atoms with Crippen molar-refractivity contribution in [2.75, 3.05) is 51.2 Å². The number of aliphatic hydroxyl groups excluding tert-OH is 1. The predicted octanol–water partition coefficient (Wildman–Crippen LogP) is 1.70. The van der Waals surface area contributed by atoms with Gasteiger partial charge in [0.1, 0.15) is 11.8 Å². The number of benzene rings is 1. The van der Waals surface area contributed by atoms with Crippen molar-refractivity contribution >= 4 is 33.0 Å². The Kier molecular flexibility index (Phi) is 7.14. The maximum atomic E-state index is 13.7. The highest BCUT2D eigenvalue weighted by Gasteiger charge is 2.55. The van der Waals surface area contributed by atoms with Crippen LogP contribution in [0.25, 0.3) is 0 Å². The Hall–Kier alpha value is -2.04. The molecule has 208 valence electrons. The monoisotopic (exact) mass is 571 g/mol. The van der Waals surface area contributed by atoms with Crippen LogP contribution in [0.15, 0.2) is 23.1 Å². The summed E-state index contributed by atoms with van der Waals surface area (Å²) in [5.41, 5.74) is -0.153. The lowest BCUT2D eigenvalue weighted by molar-refractivity contribution is -0.199. The van der Waals surface area contributed by atoms with Crippen LogP contribution in [0.3, 0.4) is 0 Å². The average molecular weight is 572 g/mol. The van der Waals surface area contributed by atoms with Gasteiger partial charge in [-0.05, 0) is 50.9 Å². The number of carbonyl (C=O) groups is 1. The largest absolute Gasteiger partial charge is 0.378 e. The molecule has 2 saturated carbocycles. The molecule has 0 spiro atoms. The number of nitrogens with zero attached hydrogens (tertiary/aromatic N) is 4. The highest BCUT2D eigenvalue weighted by Crippen LogP contribution is 2.45. The molecule has 2 N–H and O–H groups in total. The van der Waals surface area contributed by atoms with Gasteiger partial charge in [-0.3, -0.25) is 9.69 Å². The van der Waals surface area contributed by atoms with Crippen molar-refractivity contribution in [1.82, 2.24) is 15.1 Å². The Morgan fingerprint density at radius 3 is 2.42 bits per heavy atom. The fraction of sp³-hybridized carbons (Fsp3) is 0.680. The Balaban J connectivity index is 1.37. The highest BCUT2D eigenvalue weighted by atomic mass is 35.5. The lowest BCUT2D eigenvalue weighted by Gasteiger charge is -2.44. The minimum atomic E-state index is -4.01. The first-order valence-electron chi connectivity index (χ1n) is 12.8. The Morgan fingerprint density at radius 1 is 1.21 bits per heavy atom. The minimum absolute atomic E-state index is 0.0532. The van der Waals surface area contributed by atoms with Crippen molar-refractivity contribution in [2.24, 2.45) is 11.8 Å². The standard InChI is InChI=1S/C25H32ClF2N5O4S/c1-31-6-8-32(9-7-31)16-2-3-21(20(26)10-16)38(36,37)17-11-18(22(34)30-24(13-29)4-5-24)19(12-17)23(35)33-14-25(27,28)15-33/h2-3,10,17-19,23,35H,4-9,11-12,14-15H2,1H3,(H,30,34)/t17-,18-,19-,23?/m1/s1. The molecule has 0 radical (unpaired) electrons. The number of hydrogen-bond donors (Lipinski definition) is 2. The topological polar surface area (TPSA) is 117 Å². The van der Waals surface area contributed by atoms with E-state index in [2.05, 4.69) is 21.2 Å². The molecule has 13 heteroatoms. The van der Waals surface area contributed by atoms with Crippen LogP contribution in [-0.4, -0.2) is 98.5 Å². The molecular weight excluding hydrogens is 540 g/mol. The summed E-state index contributed by atoms with van der Waals surface area (Å²) >= 11 is 6.49. The molecule has 4 atom stereocenters. The molecule has 0 bridgehead atoms. The van der Waals surface area contributed by atoms with Crippen LogP contribution in [0, 0.1) is 23.2 Å². The third-order valence-corrected chi connectivity index (χ3v) is 11.0. The number of piperazine rings is 1. The first-order chi connectivity index (χ1) is 17.8. The van der Waals surface area contributed by atoms with E-state index < -0.39 is 63.6 Å². The number of anilines is 1. The molecule has 0 aromatic heterocycles. The number of nitrogens with one attached hydrogen (secondary N) is 1. The minimum Gasteiger partial charge on any atom is -0.378 e. The molecule has 9 nitrogen and oxygen atoms in total. The summed E-state index contributed by atoms with van der Waals surface area (Å²) in [6, 6.07) is 6.91. The van der Waals surface area contributed by atoms with E-state index in [9.17, 15) is 32.4 Å². The quantitative estimate of drug-likeness (QED) is 0.508. The summed E-state index contributed by atoms with van der Waals surface area (Å²) in [6.45, 7) is 2.03. The number of aliphatic hydroxyl groups is 1. The van der Waals surface area contributed by atoms with Gasteiger partial charge in [-0.15, -0.1) is 0 Å². The number of nitriles is 1. The van der Waals surface area contributed by atoms with Gasteiger partial charge >= 0.3 is 0 Å². The maximum absolute atomic E-state index is 13.7. The number of carbonyl (C=O) groups excluding carboxylic acids is 1. The lowest BCUT2D eigenvalue weighted by Crippen LogP contribution is -2.62. The van der Waals surface area contributed by atoms with E-state index in [4.69, 9.17) is 11.6 Å². The molecule has 4 fully saturated rings. The van der Waals surface area contributed by atoms with Crippen molar-refractivity contribution in [3.05, 3.63) is 23.2 Å². The lowest BCUT2D eigenvalue weighted by atomic mass is 9.91. The summed E-state index contributed by atoms with van der Waals surface area (Å²) in [5.74, 6) is -5.30. The summed E-state index contributed by atoms with van der Waals surface area (Å²) in [7, 11) is -1.97. The second-order valence-corrected chi connectivity index (χ2v) is 13.8. The van der Waals surface area contributed by atoms with Crippen molar-refractivity contribution in [3.63, 3.8) is 0 Å². The van der Waals surface area contributed by atoms with Gasteiger partial charge < -0.3 is 20.2 Å². The molecule has 2 aliphatic carbocycles. The van der Waals surface area contributed by atoms with Gasteiger partial charge in [0.05, 0.1) is 34.3 Å². The van der Waals surface area contributed by atoms with Crippen molar-refractivity contribution in [1.29, 1.82) is 5.26 Å². The maximum Gasteiger partial charge on any atom is 0.273 e. The van der Waals surface area contributed by atoms with E-state index in [1.807, 2.05) is 7.05 Å². The Morgan fingerprint density at radius 2 is 1.87 bits per heavy atom. The first kappa shape index (κ1) is 27.5. The van der Waals surface area contributed by atoms with Gasteiger partial charge in [0.15, 0.2) is 9.84 Å². The summed E-state index contributed by atoms with van der Waals surface area (Å²) in [6.07, 6.45) is -0.606. The highest BCUT2D eigenvalue weighted by molar-refractivity contribution is 7.92. The third kappa shape index (κ3) is 5.23. The second kappa shape index (κ2) is 9.86. The van der Waals surface area contributed by atoms with E-state index in [0.717, 1.165) is 36.8 Å². The van der Waals surface area contributed by atoms with E-state index >= 15 is 0 Å². The molecule has 38 heavy (non-hydrogen) atoms. The SMILES string of the molecule is CN1CCN(c2ccc(S(=O)(=O)[C@@H]3C[C@@H](C(=O)NC4(C#N)CC4)[C@H](C(O)N4CC(F)(F)C4)C3)c(Cl)c2)CC1. The smallest absolute Gasteiger partial charge is 0.273 e. The Bertz CT molecular complexity index is 1240. The van der Waals surface area contributed by atoms with Crippen LogP contribution in [0.5, 0.6) is 0 Å². The van der Waals surface area contributed by atoms with Gasteiger partial charge in [-0.1, -0.05) is 11.6 Å². The van der Waals surface area contributed by atoms with Crippen LogP contribution in [0.4, 0.5) is 14.5 Å². The van der Waals surface area contributed by atoms with E-state index in [0.29, 0.717) is 12.8 Å². The average Bonchev–Trinajstić information content (AvgIpc) is 3.47. The molecule has 2 saturated heterocycles. The molecule has 1 amide bonds. The van der Waals surface area contributed by atoms with Crippen molar-refractivity contribution < 1.29 is 27.1 Å². The summed E-state index contributed by atoms with van der Waals surface area (Å²) in [4.78, 5) is 18.6. The first-order valence-corrected chi connectivity index (χ1v) is 14.8. The number of sulfone groups is 1. The van der Waals surface area contributed by atoms with Gasteiger partial charge in [-0.2, -0.15) is 5.26 Å². The normalized spacial score (nSPS) is 29.8. The van der Waals surface area contributed by atoms with Crippen LogP contribution in [-0.2, 0) is 14.6 Å². The van der Waals surface area contributed by atoms with Gasteiger partial charge in [0.25, 0.3) is 5.92 Å². The number of alkyl halides is 2. The van der Waals surface area contributed by atoms with Gasteiger partial charge in [0, 0.05) is 43.7 Å². The van der Waals surface area contributed by atoms with E-state index in [-0.39, 0.29) is 22.8 Å².